The first kappa shape index (κ1) is 17.7. The summed E-state index contributed by atoms with van der Waals surface area (Å²) in [4.78, 5) is 6.92. The van der Waals surface area contributed by atoms with E-state index in [9.17, 15) is 0 Å². The molecule has 2 aliphatic rings. The van der Waals surface area contributed by atoms with Crippen molar-refractivity contribution in [3.8, 4) is 0 Å². The van der Waals surface area contributed by atoms with E-state index in [1.165, 1.54) is 6.42 Å². The first-order valence-electron chi connectivity index (χ1n) is 7.97. The minimum atomic E-state index is 0. The van der Waals surface area contributed by atoms with Crippen molar-refractivity contribution in [2.24, 2.45) is 5.41 Å². The van der Waals surface area contributed by atoms with Gasteiger partial charge in [-0.1, -0.05) is 6.92 Å². The number of nitrogens with zero attached hydrogens (tertiary/aromatic N) is 4. The summed E-state index contributed by atoms with van der Waals surface area (Å²) in [6.07, 6.45) is 1.49. The molecule has 1 aromatic rings. The van der Waals surface area contributed by atoms with Gasteiger partial charge in [0, 0.05) is 26.2 Å². The largest absolute Gasteiger partial charge is 0.374 e. The Balaban J connectivity index is 0.00000176. The molecule has 6 nitrogen and oxygen atoms in total. The maximum absolute atomic E-state index is 5.93. The molecule has 126 valence electrons. The smallest absolute Gasteiger partial charge is 0.147 e. The molecule has 2 atom stereocenters. The van der Waals surface area contributed by atoms with Gasteiger partial charge in [-0.2, -0.15) is 5.10 Å². The quantitative estimate of drug-likeness (QED) is 0.893. The summed E-state index contributed by atoms with van der Waals surface area (Å²) in [6.45, 7) is 13.4. The zero-order valence-electron chi connectivity index (χ0n) is 13.8. The van der Waals surface area contributed by atoms with E-state index in [1.807, 2.05) is 18.5 Å². The van der Waals surface area contributed by atoms with E-state index < -0.39 is 0 Å². The van der Waals surface area contributed by atoms with Crippen molar-refractivity contribution in [3.63, 3.8) is 0 Å². The lowest BCUT2D eigenvalue weighted by Crippen LogP contribution is -2.48. The molecule has 0 radical (unpaired) electrons. The Morgan fingerprint density at radius 3 is 2.86 bits per heavy atom. The molecule has 7 heteroatoms. The molecular weight excluding hydrogens is 302 g/mol. The molecule has 3 heterocycles. The fourth-order valence-corrected chi connectivity index (χ4v) is 3.51. The number of morpholine rings is 1. The Bertz CT molecular complexity index is 486. The summed E-state index contributed by atoms with van der Waals surface area (Å²) in [6, 6.07) is 0. The molecule has 0 saturated carbocycles. The molecule has 3 rings (SSSR count). The lowest BCUT2D eigenvalue weighted by atomic mass is 9.89. The van der Waals surface area contributed by atoms with E-state index in [1.54, 1.807) is 0 Å². The molecule has 2 saturated heterocycles. The SMILES string of the molecule is Cc1nc(C)n(CC2CN(CC3(C)CCNC3)CCO2)n1.Cl. The van der Waals surface area contributed by atoms with Crippen LogP contribution in [-0.4, -0.2) is 65.1 Å². The molecule has 22 heavy (non-hydrogen) atoms. The molecule has 2 aliphatic heterocycles. The predicted molar refractivity (Wildman–Crippen MR) is 88.5 cm³/mol. The second kappa shape index (κ2) is 7.25. The third kappa shape index (κ3) is 4.19. The molecule has 0 aromatic carbocycles. The second-order valence-corrected chi connectivity index (χ2v) is 6.85. The lowest BCUT2D eigenvalue weighted by molar-refractivity contribution is -0.0469. The van der Waals surface area contributed by atoms with Crippen LogP contribution in [0.25, 0.3) is 0 Å². The van der Waals surface area contributed by atoms with Gasteiger partial charge >= 0.3 is 0 Å². The molecule has 1 N–H and O–H groups in total. The first-order valence-corrected chi connectivity index (χ1v) is 7.97. The summed E-state index contributed by atoms with van der Waals surface area (Å²) in [5.41, 5.74) is 0.418. The first-order chi connectivity index (χ1) is 10.0. The molecule has 0 bridgehead atoms. The van der Waals surface area contributed by atoms with Gasteiger partial charge in [0.05, 0.1) is 19.3 Å². The van der Waals surface area contributed by atoms with Crippen LogP contribution in [-0.2, 0) is 11.3 Å². The number of rotatable bonds is 4. The Hall–Kier alpha value is -0.690. The fourth-order valence-electron chi connectivity index (χ4n) is 3.51. The molecule has 0 amide bonds. The van der Waals surface area contributed by atoms with E-state index in [2.05, 4.69) is 27.2 Å². The summed E-state index contributed by atoms with van der Waals surface area (Å²) in [5, 5.41) is 7.93. The zero-order chi connectivity index (χ0) is 14.9. The van der Waals surface area contributed by atoms with E-state index in [0.29, 0.717) is 5.41 Å². The van der Waals surface area contributed by atoms with Gasteiger partial charge in [-0.25, -0.2) is 9.67 Å². The topological polar surface area (TPSA) is 55.2 Å². The number of hydrogen-bond donors (Lipinski definition) is 1. The highest BCUT2D eigenvalue weighted by Gasteiger charge is 2.32. The van der Waals surface area contributed by atoms with Crippen LogP contribution in [0.3, 0.4) is 0 Å². The summed E-state index contributed by atoms with van der Waals surface area (Å²) < 4.78 is 7.90. The Morgan fingerprint density at radius 1 is 1.41 bits per heavy atom. The van der Waals surface area contributed by atoms with Crippen molar-refractivity contribution in [2.45, 2.75) is 39.8 Å². The van der Waals surface area contributed by atoms with Gasteiger partial charge in [0.15, 0.2) is 0 Å². The van der Waals surface area contributed by atoms with Crippen molar-refractivity contribution in [1.29, 1.82) is 0 Å². The molecule has 0 aliphatic carbocycles. The van der Waals surface area contributed by atoms with Crippen LogP contribution in [0, 0.1) is 19.3 Å². The maximum atomic E-state index is 5.93. The summed E-state index contributed by atoms with van der Waals surface area (Å²) in [5.74, 6) is 1.81. The molecule has 2 fully saturated rings. The highest BCUT2D eigenvalue weighted by Crippen LogP contribution is 2.26. The summed E-state index contributed by atoms with van der Waals surface area (Å²) in [7, 11) is 0. The zero-order valence-corrected chi connectivity index (χ0v) is 14.7. The van der Waals surface area contributed by atoms with Gasteiger partial charge in [0.2, 0.25) is 0 Å². The molecular formula is C15H28ClN5O. The Kier molecular flexibility index (Phi) is 5.82. The third-order valence-corrected chi connectivity index (χ3v) is 4.62. The van der Waals surface area contributed by atoms with Crippen LogP contribution in [0.15, 0.2) is 0 Å². The van der Waals surface area contributed by atoms with E-state index in [4.69, 9.17) is 4.74 Å². The van der Waals surface area contributed by atoms with E-state index in [-0.39, 0.29) is 18.5 Å². The van der Waals surface area contributed by atoms with Crippen LogP contribution in [0.1, 0.15) is 25.0 Å². The lowest BCUT2D eigenvalue weighted by Gasteiger charge is -2.37. The maximum Gasteiger partial charge on any atom is 0.147 e. The van der Waals surface area contributed by atoms with Crippen molar-refractivity contribution in [3.05, 3.63) is 11.6 Å². The summed E-state index contributed by atoms with van der Waals surface area (Å²) >= 11 is 0. The average Bonchev–Trinajstić information content (AvgIpc) is 2.97. The number of aryl methyl sites for hydroxylation is 2. The highest BCUT2D eigenvalue weighted by molar-refractivity contribution is 5.85. The van der Waals surface area contributed by atoms with Crippen LogP contribution in [0.5, 0.6) is 0 Å². The van der Waals surface area contributed by atoms with Crippen LogP contribution < -0.4 is 5.32 Å². The average molecular weight is 330 g/mol. The third-order valence-electron chi connectivity index (χ3n) is 4.62. The van der Waals surface area contributed by atoms with Gasteiger partial charge in [0.25, 0.3) is 0 Å². The van der Waals surface area contributed by atoms with Gasteiger partial charge in [-0.15, -0.1) is 12.4 Å². The number of ether oxygens (including phenoxy) is 1. The van der Waals surface area contributed by atoms with Crippen molar-refractivity contribution in [2.75, 3.05) is 39.3 Å². The molecule has 2 unspecified atom stereocenters. The number of nitrogens with one attached hydrogen (secondary N) is 1. The van der Waals surface area contributed by atoms with Gasteiger partial charge in [0.1, 0.15) is 11.6 Å². The molecule has 1 aromatic heterocycles. The monoisotopic (exact) mass is 329 g/mol. The Morgan fingerprint density at radius 2 is 2.23 bits per heavy atom. The number of hydrogen-bond acceptors (Lipinski definition) is 5. The van der Waals surface area contributed by atoms with Crippen molar-refractivity contribution < 1.29 is 4.74 Å². The minimum Gasteiger partial charge on any atom is -0.374 e. The van der Waals surface area contributed by atoms with Crippen LogP contribution in [0.4, 0.5) is 0 Å². The van der Waals surface area contributed by atoms with E-state index >= 15 is 0 Å². The van der Waals surface area contributed by atoms with Crippen molar-refractivity contribution >= 4 is 12.4 Å². The number of aromatic nitrogens is 3. The standard InChI is InChI=1S/C15H27N5O.ClH/c1-12-17-13(2)20(18-12)9-14-8-19(6-7-21-14)11-15(3)4-5-16-10-15;/h14,16H,4-11H2,1-3H3;1H. The normalized spacial score (nSPS) is 29.5. The fraction of sp³-hybridized carbons (Fsp3) is 0.867. The Labute approximate surface area is 139 Å². The number of halogens is 1. The second-order valence-electron chi connectivity index (χ2n) is 6.85. The van der Waals surface area contributed by atoms with Gasteiger partial charge < -0.3 is 10.1 Å². The van der Waals surface area contributed by atoms with Gasteiger partial charge in [-0.05, 0) is 32.2 Å². The van der Waals surface area contributed by atoms with Crippen LogP contribution >= 0.6 is 12.4 Å². The highest BCUT2D eigenvalue weighted by atomic mass is 35.5. The van der Waals surface area contributed by atoms with Crippen LogP contribution in [0.2, 0.25) is 0 Å². The minimum absolute atomic E-state index is 0. The van der Waals surface area contributed by atoms with Crippen molar-refractivity contribution in [1.82, 2.24) is 25.0 Å². The van der Waals surface area contributed by atoms with Gasteiger partial charge in [-0.3, -0.25) is 4.90 Å². The van der Waals surface area contributed by atoms with E-state index in [0.717, 1.165) is 57.5 Å². The predicted octanol–water partition coefficient (Wildman–Crippen LogP) is 1.02. The molecule has 0 spiro atoms.